The second-order valence-corrected chi connectivity index (χ2v) is 11.0. The Morgan fingerprint density at radius 2 is 1.91 bits per heavy atom. The summed E-state index contributed by atoms with van der Waals surface area (Å²) in [5.41, 5.74) is 0.630. The molecule has 1 amide bonds. The van der Waals surface area contributed by atoms with Gasteiger partial charge in [-0.05, 0) is 45.9 Å². The molecule has 0 radical (unpaired) electrons. The number of benzene rings is 1. The first-order valence-electron chi connectivity index (χ1n) is 11.0. The molecule has 1 aromatic carbocycles. The Labute approximate surface area is 198 Å². The van der Waals surface area contributed by atoms with E-state index >= 15 is 0 Å². The summed E-state index contributed by atoms with van der Waals surface area (Å²) in [6.45, 7) is 8.87. The third-order valence-corrected chi connectivity index (χ3v) is 6.96. The van der Waals surface area contributed by atoms with Crippen LogP contribution in [0.2, 0.25) is 0 Å². The number of rotatable bonds is 4. The fourth-order valence-electron chi connectivity index (χ4n) is 3.64. The molecule has 1 aliphatic heterocycles. The summed E-state index contributed by atoms with van der Waals surface area (Å²) in [4.78, 5) is 22.9. The van der Waals surface area contributed by atoms with E-state index in [4.69, 9.17) is 9.47 Å². The first kappa shape index (κ1) is 24.0. The van der Waals surface area contributed by atoms with Crippen LogP contribution in [0.25, 0.3) is 11.0 Å². The van der Waals surface area contributed by atoms with Crippen LogP contribution in [0.5, 0.6) is 0 Å². The molecule has 0 spiro atoms. The average molecular weight is 488 g/mol. The van der Waals surface area contributed by atoms with Gasteiger partial charge in [0.2, 0.25) is 0 Å². The number of hydrogen-bond donors (Lipinski definition) is 1. The van der Waals surface area contributed by atoms with Gasteiger partial charge in [-0.3, -0.25) is 0 Å². The Hall–Kier alpha value is -3.18. The summed E-state index contributed by atoms with van der Waals surface area (Å²) >= 11 is 0. The van der Waals surface area contributed by atoms with Crippen molar-refractivity contribution in [1.29, 1.82) is 0 Å². The van der Waals surface area contributed by atoms with Crippen LogP contribution in [0.3, 0.4) is 0 Å². The molecule has 1 aliphatic rings. The zero-order valence-corrected chi connectivity index (χ0v) is 20.5. The van der Waals surface area contributed by atoms with Gasteiger partial charge in [0.1, 0.15) is 17.7 Å². The van der Waals surface area contributed by atoms with Gasteiger partial charge in [0.15, 0.2) is 5.65 Å². The van der Waals surface area contributed by atoms with Crippen molar-refractivity contribution in [3.05, 3.63) is 48.4 Å². The second kappa shape index (κ2) is 9.22. The molecule has 0 bridgehead atoms. The minimum atomic E-state index is -3.83. The Bertz CT molecular complexity index is 1280. The number of aromatic nitrogens is 3. The van der Waals surface area contributed by atoms with Gasteiger partial charge in [-0.2, -0.15) is 0 Å². The van der Waals surface area contributed by atoms with Crippen molar-refractivity contribution in [3.8, 4) is 0 Å². The van der Waals surface area contributed by atoms with Gasteiger partial charge in [-0.15, -0.1) is 0 Å². The summed E-state index contributed by atoms with van der Waals surface area (Å²) < 4.78 is 38.7. The number of carbonyl (C=O) groups excluding carboxylic acids is 1. The number of fused-ring (bicyclic) bond motifs is 1. The van der Waals surface area contributed by atoms with Gasteiger partial charge in [0.25, 0.3) is 10.0 Å². The van der Waals surface area contributed by atoms with E-state index in [9.17, 15) is 13.2 Å². The van der Waals surface area contributed by atoms with E-state index in [1.165, 1.54) is 12.5 Å². The number of hydrogen-bond acceptors (Lipinski definition) is 8. The van der Waals surface area contributed by atoms with Crippen molar-refractivity contribution in [2.45, 2.75) is 44.2 Å². The van der Waals surface area contributed by atoms with Gasteiger partial charge >= 0.3 is 6.09 Å². The number of amides is 1. The summed E-state index contributed by atoms with van der Waals surface area (Å²) in [5, 5.41) is 3.84. The van der Waals surface area contributed by atoms with Crippen LogP contribution in [0.15, 0.2) is 47.8 Å². The Kier molecular flexibility index (Phi) is 6.50. The van der Waals surface area contributed by atoms with Crippen molar-refractivity contribution >= 4 is 33.0 Å². The topological polar surface area (TPSA) is 116 Å². The summed E-state index contributed by atoms with van der Waals surface area (Å²) in [7, 11) is -3.83. The highest BCUT2D eigenvalue weighted by Crippen LogP contribution is 2.25. The summed E-state index contributed by atoms with van der Waals surface area (Å²) in [5.74, 6) is 0.461. The van der Waals surface area contributed by atoms with E-state index in [1.54, 1.807) is 35.2 Å². The normalized spacial score (nSPS) is 17.4. The lowest BCUT2D eigenvalue weighted by atomic mass is 10.2. The molecule has 3 heterocycles. The van der Waals surface area contributed by atoms with Gasteiger partial charge in [0, 0.05) is 19.3 Å². The average Bonchev–Trinajstić information content (AvgIpc) is 3.07. The Morgan fingerprint density at radius 3 is 2.62 bits per heavy atom. The minimum absolute atomic E-state index is 0.175. The molecule has 0 aliphatic carbocycles. The monoisotopic (exact) mass is 487 g/mol. The predicted octanol–water partition coefficient (Wildman–Crippen LogP) is 3.02. The first-order chi connectivity index (χ1) is 16.0. The maximum Gasteiger partial charge on any atom is 0.410 e. The largest absolute Gasteiger partial charge is 0.444 e. The number of ether oxygens (including phenoxy) is 2. The van der Waals surface area contributed by atoms with Gasteiger partial charge < -0.3 is 19.7 Å². The molecule has 2 aromatic heterocycles. The maximum atomic E-state index is 13.2. The van der Waals surface area contributed by atoms with E-state index in [1.807, 2.05) is 27.7 Å². The summed E-state index contributed by atoms with van der Waals surface area (Å²) in [6.07, 6.45) is 2.37. The van der Waals surface area contributed by atoms with Crippen LogP contribution in [0.4, 0.5) is 10.6 Å². The molecular formula is C23H29N5O5S. The van der Waals surface area contributed by atoms with Crippen LogP contribution in [0.1, 0.15) is 26.3 Å². The van der Waals surface area contributed by atoms with Crippen molar-refractivity contribution in [2.24, 2.45) is 0 Å². The van der Waals surface area contributed by atoms with Crippen LogP contribution in [-0.4, -0.2) is 71.3 Å². The van der Waals surface area contributed by atoms with Crippen molar-refractivity contribution < 1.29 is 22.7 Å². The highest BCUT2D eigenvalue weighted by atomic mass is 32.2. The summed E-state index contributed by atoms with van der Waals surface area (Å²) in [6, 6.07) is 8.04. The molecule has 182 valence electrons. The number of anilines is 1. The van der Waals surface area contributed by atoms with E-state index in [2.05, 4.69) is 15.3 Å². The third kappa shape index (κ3) is 5.15. The molecule has 3 aromatic rings. The lowest BCUT2D eigenvalue weighted by Crippen LogP contribution is -2.43. The SMILES string of the molecule is Cc1ccc(S(=O)(=O)n2ccc3c(N[C@H]4COCCN(C(=O)OC(C)(C)C)C4)ncnc32)cc1. The van der Waals surface area contributed by atoms with Crippen LogP contribution in [0, 0.1) is 6.92 Å². The van der Waals surface area contributed by atoms with Crippen LogP contribution < -0.4 is 5.32 Å². The number of nitrogens with zero attached hydrogens (tertiary/aromatic N) is 4. The molecule has 4 rings (SSSR count). The molecule has 11 heteroatoms. The predicted molar refractivity (Wildman–Crippen MR) is 127 cm³/mol. The van der Waals surface area contributed by atoms with E-state index in [-0.39, 0.29) is 16.6 Å². The Morgan fingerprint density at radius 1 is 1.18 bits per heavy atom. The molecule has 1 N–H and O–H groups in total. The van der Waals surface area contributed by atoms with Crippen LogP contribution in [-0.2, 0) is 19.5 Å². The molecule has 1 atom stereocenters. The quantitative estimate of drug-likeness (QED) is 0.597. The molecule has 34 heavy (non-hydrogen) atoms. The second-order valence-electron chi connectivity index (χ2n) is 9.23. The Balaban J connectivity index is 1.59. The van der Waals surface area contributed by atoms with Crippen molar-refractivity contribution in [3.63, 3.8) is 0 Å². The molecule has 1 saturated heterocycles. The molecule has 0 saturated carbocycles. The van der Waals surface area contributed by atoms with Gasteiger partial charge in [0.05, 0.1) is 29.5 Å². The smallest absolute Gasteiger partial charge is 0.410 e. The van der Waals surface area contributed by atoms with E-state index in [0.717, 1.165) is 9.54 Å². The van der Waals surface area contributed by atoms with Crippen molar-refractivity contribution in [1.82, 2.24) is 18.8 Å². The van der Waals surface area contributed by atoms with E-state index < -0.39 is 21.7 Å². The first-order valence-corrected chi connectivity index (χ1v) is 12.4. The van der Waals surface area contributed by atoms with Gasteiger partial charge in [-0.25, -0.2) is 27.2 Å². The number of aryl methyl sites for hydroxylation is 1. The highest BCUT2D eigenvalue weighted by molar-refractivity contribution is 7.90. The number of nitrogens with one attached hydrogen (secondary N) is 1. The number of carbonyl (C=O) groups is 1. The molecule has 0 unspecified atom stereocenters. The lowest BCUT2D eigenvalue weighted by Gasteiger charge is -2.28. The molecule has 1 fully saturated rings. The van der Waals surface area contributed by atoms with Crippen molar-refractivity contribution in [2.75, 3.05) is 31.6 Å². The zero-order valence-electron chi connectivity index (χ0n) is 19.7. The van der Waals surface area contributed by atoms with E-state index in [0.29, 0.717) is 37.5 Å². The maximum absolute atomic E-state index is 13.2. The third-order valence-electron chi connectivity index (χ3n) is 5.28. The zero-order chi connectivity index (χ0) is 24.5. The van der Waals surface area contributed by atoms with Crippen LogP contribution >= 0.6 is 0 Å². The fourth-order valence-corrected chi connectivity index (χ4v) is 4.95. The highest BCUT2D eigenvalue weighted by Gasteiger charge is 2.28. The minimum Gasteiger partial charge on any atom is -0.444 e. The molecular weight excluding hydrogens is 458 g/mol. The fraction of sp³-hybridized carbons (Fsp3) is 0.435. The van der Waals surface area contributed by atoms with Gasteiger partial charge in [-0.1, -0.05) is 17.7 Å². The molecule has 10 nitrogen and oxygen atoms in total. The lowest BCUT2D eigenvalue weighted by molar-refractivity contribution is 0.0242. The standard InChI is InChI=1S/C23H29N5O5S/c1-16-5-7-18(8-6-16)34(30,31)28-10-9-19-20(24-15-25-21(19)28)26-17-13-27(11-12-32-14-17)22(29)33-23(2,3)4/h5-10,15,17H,11-14H2,1-4H3,(H,24,25,26)/t17-/m1/s1.